The van der Waals surface area contributed by atoms with Crippen molar-refractivity contribution in [1.29, 1.82) is 0 Å². The molecule has 1 aliphatic rings. The molecule has 6 heteroatoms. The fourth-order valence-electron chi connectivity index (χ4n) is 1.71. The van der Waals surface area contributed by atoms with Crippen molar-refractivity contribution in [3.05, 3.63) is 29.3 Å². The highest BCUT2D eigenvalue weighted by atomic mass is 32.1. The van der Waals surface area contributed by atoms with Crippen LogP contribution >= 0.6 is 12.2 Å². The van der Waals surface area contributed by atoms with E-state index in [-0.39, 0.29) is 5.75 Å². The van der Waals surface area contributed by atoms with Gasteiger partial charge in [-0.2, -0.15) is 13.2 Å². The van der Waals surface area contributed by atoms with Crippen LogP contribution in [0.4, 0.5) is 13.2 Å². The Morgan fingerprint density at radius 2 is 2.11 bits per heavy atom. The number of nitrogens with one attached hydrogen (secondary N) is 1. The molecule has 19 heavy (non-hydrogen) atoms. The maximum atomic E-state index is 12.6. The van der Waals surface area contributed by atoms with Gasteiger partial charge in [-0.15, -0.1) is 0 Å². The van der Waals surface area contributed by atoms with Crippen LogP contribution < -0.4 is 10.1 Å². The van der Waals surface area contributed by atoms with Gasteiger partial charge in [0.1, 0.15) is 10.7 Å². The van der Waals surface area contributed by atoms with E-state index in [0.717, 1.165) is 18.7 Å². The van der Waals surface area contributed by atoms with Gasteiger partial charge >= 0.3 is 6.18 Å². The molecule has 2 nitrogen and oxygen atoms in total. The first-order valence-corrected chi connectivity index (χ1v) is 6.36. The monoisotopic (exact) mass is 289 g/mol. The predicted octanol–water partition coefficient (Wildman–Crippen LogP) is 3.39. The van der Waals surface area contributed by atoms with E-state index in [4.69, 9.17) is 17.0 Å². The summed E-state index contributed by atoms with van der Waals surface area (Å²) in [4.78, 5) is 0.428. The van der Waals surface area contributed by atoms with Crippen LogP contribution in [0.25, 0.3) is 0 Å². The first-order chi connectivity index (χ1) is 8.91. The van der Waals surface area contributed by atoms with Crippen LogP contribution in [0.2, 0.25) is 0 Å². The first-order valence-electron chi connectivity index (χ1n) is 5.95. The molecule has 1 aliphatic carbocycles. The van der Waals surface area contributed by atoms with Crippen LogP contribution in [0.1, 0.15) is 24.0 Å². The fraction of sp³-hybridized carbons (Fsp3) is 0.462. The SMILES string of the molecule is COc1cc(C(F)(F)F)ccc1C(=S)NCC1CC1. The lowest BCUT2D eigenvalue weighted by molar-refractivity contribution is -0.137. The van der Waals surface area contributed by atoms with Crippen LogP contribution in [-0.4, -0.2) is 18.6 Å². The number of ether oxygens (including phenoxy) is 1. The van der Waals surface area contributed by atoms with Crippen molar-refractivity contribution in [2.45, 2.75) is 19.0 Å². The van der Waals surface area contributed by atoms with Crippen LogP contribution in [0.15, 0.2) is 18.2 Å². The number of hydrogen-bond donors (Lipinski definition) is 1. The number of halogens is 3. The smallest absolute Gasteiger partial charge is 0.416 e. The molecule has 0 bridgehead atoms. The molecule has 0 aromatic heterocycles. The van der Waals surface area contributed by atoms with E-state index >= 15 is 0 Å². The zero-order valence-electron chi connectivity index (χ0n) is 10.4. The summed E-state index contributed by atoms with van der Waals surface area (Å²) in [7, 11) is 1.34. The summed E-state index contributed by atoms with van der Waals surface area (Å²) in [6.45, 7) is 0.767. The van der Waals surface area contributed by atoms with Gasteiger partial charge in [-0.25, -0.2) is 0 Å². The minimum absolute atomic E-state index is 0.142. The van der Waals surface area contributed by atoms with Gasteiger partial charge in [0, 0.05) is 6.54 Å². The van der Waals surface area contributed by atoms with Crippen LogP contribution in [0, 0.1) is 5.92 Å². The van der Waals surface area contributed by atoms with Gasteiger partial charge in [-0.3, -0.25) is 0 Å². The molecule has 1 aromatic carbocycles. The van der Waals surface area contributed by atoms with E-state index in [1.165, 1.54) is 26.0 Å². The van der Waals surface area contributed by atoms with Crippen molar-refractivity contribution in [3.8, 4) is 5.75 Å². The quantitative estimate of drug-likeness (QED) is 0.859. The molecule has 0 atom stereocenters. The number of thiocarbonyl (C=S) groups is 1. The lowest BCUT2D eigenvalue weighted by Gasteiger charge is -2.14. The maximum absolute atomic E-state index is 12.6. The average Bonchev–Trinajstić information content (AvgIpc) is 3.18. The molecule has 0 unspecified atom stereocenters. The second kappa shape index (κ2) is 5.36. The molecule has 1 saturated carbocycles. The minimum Gasteiger partial charge on any atom is -0.496 e. The number of hydrogen-bond acceptors (Lipinski definition) is 2. The molecule has 0 spiro atoms. The van der Waals surface area contributed by atoms with Crippen molar-refractivity contribution in [3.63, 3.8) is 0 Å². The molecule has 0 saturated heterocycles. The number of alkyl halides is 3. The van der Waals surface area contributed by atoms with Gasteiger partial charge in [0.25, 0.3) is 0 Å². The standard InChI is InChI=1S/C13H14F3NOS/c1-18-11-6-9(13(14,15)16)4-5-10(11)12(19)17-7-8-2-3-8/h4-6,8H,2-3,7H2,1H3,(H,17,19). The average molecular weight is 289 g/mol. The number of methoxy groups -OCH3 is 1. The Hall–Kier alpha value is -1.30. The van der Waals surface area contributed by atoms with Crippen LogP contribution in [0.5, 0.6) is 5.75 Å². The van der Waals surface area contributed by atoms with Crippen LogP contribution in [-0.2, 0) is 6.18 Å². The minimum atomic E-state index is -4.38. The van der Waals surface area contributed by atoms with E-state index in [1.807, 2.05) is 0 Å². The van der Waals surface area contributed by atoms with Gasteiger partial charge in [-0.1, -0.05) is 12.2 Å². The van der Waals surface area contributed by atoms with Gasteiger partial charge < -0.3 is 10.1 Å². The summed E-state index contributed by atoms with van der Waals surface area (Å²) in [6.07, 6.45) is -2.02. The van der Waals surface area contributed by atoms with E-state index in [0.29, 0.717) is 16.5 Å². The molecular weight excluding hydrogens is 275 g/mol. The van der Waals surface area contributed by atoms with Crippen molar-refractivity contribution >= 4 is 17.2 Å². The molecular formula is C13H14F3NOS. The Morgan fingerprint density at radius 1 is 1.42 bits per heavy atom. The molecule has 0 radical (unpaired) electrons. The van der Waals surface area contributed by atoms with E-state index < -0.39 is 11.7 Å². The number of rotatable bonds is 4. The molecule has 0 aliphatic heterocycles. The molecule has 1 N–H and O–H groups in total. The Morgan fingerprint density at radius 3 is 2.63 bits per heavy atom. The van der Waals surface area contributed by atoms with Gasteiger partial charge in [0.15, 0.2) is 0 Å². The highest BCUT2D eigenvalue weighted by Gasteiger charge is 2.31. The summed E-state index contributed by atoms with van der Waals surface area (Å²) >= 11 is 5.18. The second-order valence-electron chi connectivity index (χ2n) is 4.57. The largest absolute Gasteiger partial charge is 0.496 e. The van der Waals surface area contributed by atoms with E-state index in [1.54, 1.807) is 0 Å². The van der Waals surface area contributed by atoms with Gasteiger partial charge in [-0.05, 0) is 37.0 Å². The summed E-state index contributed by atoms with van der Waals surface area (Å²) < 4.78 is 42.8. The molecule has 0 amide bonds. The zero-order valence-corrected chi connectivity index (χ0v) is 11.2. The van der Waals surface area contributed by atoms with Crippen LogP contribution in [0.3, 0.4) is 0 Å². The normalized spacial score (nSPS) is 15.2. The van der Waals surface area contributed by atoms with E-state index in [2.05, 4.69) is 5.32 Å². The zero-order chi connectivity index (χ0) is 14.0. The Balaban J connectivity index is 2.17. The van der Waals surface area contributed by atoms with Crippen molar-refractivity contribution in [1.82, 2.24) is 5.32 Å². The highest BCUT2D eigenvalue weighted by molar-refractivity contribution is 7.80. The molecule has 1 fully saturated rings. The third-order valence-corrected chi connectivity index (χ3v) is 3.39. The molecule has 1 aromatic rings. The molecule has 104 valence electrons. The topological polar surface area (TPSA) is 21.3 Å². The summed E-state index contributed by atoms with van der Waals surface area (Å²) in [5.41, 5.74) is -0.246. The Kier molecular flexibility index (Phi) is 3.99. The fourth-order valence-corrected chi connectivity index (χ4v) is 1.96. The number of benzene rings is 1. The predicted molar refractivity (Wildman–Crippen MR) is 70.4 cm³/mol. The van der Waals surface area contributed by atoms with Gasteiger partial charge in [0.2, 0.25) is 0 Å². The lowest BCUT2D eigenvalue weighted by Crippen LogP contribution is -2.25. The Labute approximate surface area is 114 Å². The molecule has 0 heterocycles. The summed E-state index contributed by atoms with van der Waals surface area (Å²) in [5, 5.41) is 3.06. The van der Waals surface area contributed by atoms with Crippen molar-refractivity contribution in [2.75, 3.05) is 13.7 Å². The highest BCUT2D eigenvalue weighted by Crippen LogP contribution is 2.33. The Bertz CT molecular complexity index is 483. The summed E-state index contributed by atoms with van der Waals surface area (Å²) in [6, 6.07) is 3.34. The van der Waals surface area contributed by atoms with E-state index in [9.17, 15) is 13.2 Å². The lowest BCUT2D eigenvalue weighted by atomic mass is 10.1. The third-order valence-electron chi connectivity index (χ3n) is 3.02. The second-order valence-corrected chi connectivity index (χ2v) is 4.97. The third kappa shape index (κ3) is 3.59. The van der Waals surface area contributed by atoms with Crippen molar-refractivity contribution < 1.29 is 17.9 Å². The maximum Gasteiger partial charge on any atom is 0.416 e. The molecule has 2 rings (SSSR count). The first kappa shape index (κ1) is 14.1. The van der Waals surface area contributed by atoms with Crippen molar-refractivity contribution in [2.24, 2.45) is 5.92 Å². The van der Waals surface area contributed by atoms with Gasteiger partial charge in [0.05, 0.1) is 18.2 Å². The summed E-state index contributed by atoms with van der Waals surface area (Å²) in [5.74, 6) is 0.779.